The second kappa shape index (κ2) is 7.61. The maximum Gasteiger partial charge on any atom is 0.261 e. The van der Waals surface area contributed by atoms with Crippen molar-refractivity contribution in [1.29, 1.82) is 0 Å². The molecule has 0 N–H and O–H groups in total. The predicted octanol–water partition coefficient (Wildman–Crippen LogP) is 3.38. The number of rotatable bonds is 5. The molecule has 2 aromatic carbocycles. The van der Waals surface area contributed by atoms with Crippen LogP contribution in [0.1, 0.15) is 24.4 Å². The fraction of sp³-hybridized carbons (Fsp3) is 0.286. The molecule has 0 saturated carbocycles. The first-order valence-electron chi connectivity index (χ1n) is 9.02. The molecule has 27 heavy (non-hydrogen) atoms. The van der Waals surface area contributed by atoms with E-state index in [1.807, 2.05) is 53.4 Å². The van der Waals surface area contributed by atoms with Crippen LogP contribution in [0.25, 0.3) is 10.9 Å². The molecule has 3 aromatic rings. The van der Waals surface area contributed by atoms with Crippen LogP contribution in [0.5, 0.6) is 11.6 Å². The zero-order valence-corrected chi connectivity index (χ0v) is 15.2. The zero-order chi connectivity index (χ0) is 18.6. The molecule has 1 saturated heterocycles. The number of amides is 1. The number of likely N-dealkylation sites (tertiary alicyclic amines) is 1. The second-order valence-corrected chi connectivity index (χ2v) is 6.51. The van der Waals surface area contributed by atoms with Crippen LogP contribution in [0.2, 0.25) is 0 Å². The summed E-state index contributed by atoms with van der Waals surface area (Å²) in [4.78, 5) is 23.1. The van der Waals surface area contributed by atoms with Crippen LogP contribution in [0.3, 0.4) is 0 Å². The van der Waals surface area contributed by atoms with Gasteiger partial charge < -0.3 is 14.4 Å². The second-order valence-electron chi connectivity index (χ2n) is 6.51. The molecule has 0 aliphatic carbocycles. The minimum atomic E-state index is -0.0402. The number of nitrogens with zero attached hydrogens (tertiary/aromatic N) is 3. The van der Waals surface area contributed by atoms with Gasteiger partial charge in [-0.1, -0.05) is 24.3 Å². The number of fused-ring (bicyclic) bond motifs is 1. The maximum absolute atomic E-state index is 12.8. The molecule has 0 radical (unpaired) electrons. The van der Waals surface area contributed by atoms with Crippen molar-refractivity contribution in [1.82, 2.24) is 14.9 Å². The summed E-state index contributed by atoms with van der Waals surface area (Å²) in [5.74, 6) is 1.20. The molecular formula is C21H21N3O3. The molecule has 1 aliphatic rings. The topological polar surface area (TPSA) is 64.5 Å². The highest BCUT2D eigenvalue weighted by atomic mass is 16.5. The average Bonchev–Trinajstić information content (AvgIpc) is 3.22. The van der Waals surface area contributed by atoms with Crippen molar-refractivity contribution < 1.29 is 14.3 Å². The fourth-order valence-corrected chi connectivity index (χ4v) is 3.57. The Kier molecular flexibility index (Phi) is 4.87. The van der Waals surface area contributed by atoms with Gasteiger partial charge in [0.2, 0.25) is 5.88 Å². The number of para-hydroxylation sites is 1. The number of aromatic nitrogens is 2. The summed E-state index contributed by atoms with van der Waals surface area (Å²) in [7, 11) is 1.65. The number of methoxy groups -OCH3 is 1. The molecule has 1 atom stereocenters. The van der Waals surface area contributed by atoms with Crippen LogP contribution in [0.4, 0.5) is 0 Å². The molecule has 0 unspecified atom stereocenters. The first-order chi connectivity index (χ1) is 13.3. The highest BCUT2D eigenvalue weighted by Crippen LogP contribution is 2.33. The highest BCUT2D eigenvalue weighted by molar-refractivity contribution is 5.84. The van der Waals surface area contributed by atoms with E-state index in [2.05, 4.69) is 9.97 Å². The lowest BCUT2D eigenvalue weighted by molar-refractivity contribution is -0.134. The van der Waals surface area contributed by atoms with E-state index in [9.17, 15) is 4.79 Å². The summed E-state index contributed by atoms with van der Waals surface area (Å²) in [5.41, 5.74) is 1.89. The van der Waals surface area contributed by atoms with Crippen molar-refractivity contribution in [2.24, 2.45) is 0 Å². The number of hydrogen-bond donors (Lipinski definition) is 0. The summed E-state index contributed by atoms with van der Waals surface area (Å²) >= 11 is 0. The SMILES string of the molecule is COc1cccc([C@@H]2CCCN2C(=O)COc2ncnc3ccccc23)c1. The van der Waals surface area contributed by atoms with Gasteiger partial charge >= 0.3 is 0 Å². The Balaban J connectivity index is 1.48. The van der Waals surface area contributed by atoms with E-state index in [-0.39, 0.29) is 18.6 Å². The molecule has 1 fully saturated rings. The number of benzene rings is 2. The molecule has 1 amide bonds. The fourth-order valence-electron chi connectivity index (χ4n) is 3.57. The van der Waals surface area contributed by atoms with E-state index in [0.717, 1.165) is 41.6 Å². The third-order valence-electron chi connectivity index (χ3n) is 4.89. The minimum absolute atomic E-state index is 0.0389. The van der Waals surface area contributed by atoms with E-state index in [1.54, 1.807) is 7.11 Å². The number of ether oxygens (including phenoxy) is 2. The van der Waals surface area contributed by atoms with Gasteiger partial charge in [0.15, 0.2) is 6.61 Å². The van der Waals surface area contributed by atoms with Crippen LogP contribution in [-0.4, -0.2) is 41.0 Å². The Labute approximate surface area is 157 Å². The zero-order valence-electron chi connectivity index (χ0n) is 15.2. The first-order valence-corrected chi connectivity index (χ1v) is 9.02. The summed E-state index contributed by atoms with van der Waals surface area (Å²) in [6.45, 7) is 0.691. The standard InChI is InChI=1S/C21H21N3O3/c1-26-16-7-4-6-15(12-16)19-10-5-11-24(19)20(25)13-27-21-17-8-2-3-9-18(17)22-14-23-21/h2-4,6-9,12,14,19H,5,10-11,13H2,1H3/t19-/m0/s1. The molecular weight excluding hydrogens is 342 g/mol. The van der Waals surface area contributed by atoms with Gasteiger partial charge in [-0.3, -0.25) is 4.79 Å². The maximum atomic E-state index is 12.8. The number of carbonyl (C=O) groups is 1. The quantitative estimate of drug-likeness (QED) is 0.695. The van der Waals surface area contributed by atoms with Gasteiger partial charge in [0, 0.05) is 6.54 Å². The van der Waals surface area contributed by atoms with Crippen LogP contribution >= 0.6 is 0 Å². The Bertz CT molecular complexity index is 955. The third-order valence-corrected chi connectivity index (χ3v) is 4.89. The van der Waals surface area contributed by atoms with Gasteiger partial charge in [0.05, 0.1) is 24.1 Å². The lowest BCUT2D eigenvalue weighted by atomic mass is 10.0. The van der Waals surface area contributed by atoms with Crippen molar-refractivity contribution in [3.63, 3.8) is 0 Å². The predicted molar refractivity (Wildman–Crippen MR) is 102 cm³/mol. The van der Waals surface area contributed by atoms with Crippen molar-refractivity contribution in [3.8, 4) is 11.6 Å². The van der Waals surface area contributed by atoms with Crippen LogP contribution in [0.15, 0.2) is 54.9 Å². The Hall–Kier alpha value is -3.15. The minimum Gasteiger partial charge on any atom is -0.497 e. The van der Waals surface area contributed by atoms with Gasteiger partial charge in [0.1, 0.15) is 12.1 Å². The van der Waals surface area contributed by atoms with Crippen molar-refractivity contribution in [2.75, 3.05) is 20.3 Å². The van der Waals surface area contributed by atoms with Gasteiger partial charge in [-0.05, 0) is 42.7 Å². The lowest BCUT2D eigenvalue weighted by Crippen LogP contribution is -2.34. The van der Waals surface area contributed by atoms with Crippen LogP contribution in [-0.2, 0) is 4.79 Å². The molecule has 4 rings (SSSR count). The third kappa shape index (κ3) is 3.56. The summed E-state index contributed by atoms with van der Waals surface area (Å²) < 4.78 is 11.1. The summed E-state index contributed by atoms with van der Waals surface area (Å²) in [6, 6.07) is 15.6. The Morgan fingerprint density at radius 3 is 2.96 bits per heavy atom. The van der Waals surface area contributed by atoms with Crippen LogP contribution in [0, 0.1) is 0 Å². The van der Waals surface area contributed by atoms with E-state index in [4.69, 9.17) is 9.47 Å². The van der Waals surface area contributed by atoms with E-state index < -0.39 is 0 Å². The normalized spacial score (nSPS) is 16.5. The molecule has 1 aromatic heterocycles. The first kappa shape index (κ1) is 17.3. The summed E-state index contributed by atoms with van der Waals surface area (Å²) in [5, 5.41) is 0.804. The highest BCUT2D eigenvalue weighted by Gasteiger charge is 2.30. The monoisotopic (exact) mass is 363 g/mol. The van der Waals surface area contributed by atoms with E-state index in [0.29, 0.717) is 5.88 Å². The lowest BCUT2D eigenvalue weighted by Gasteiger charge is -2.25. The Morgan fingerprint density at radius 2 is 2.07 bits per heavy atom. The average molecular weight is 363 g/mol. The Morgan fingerprint density at radius 1 is 1.19 bits per heavy atom. The van der Waals surface area contributed by atoms with Gasteiger partial charge in [-0.15, -0.1) is 0 Å². The van der Waals surface area contributed by atoms with Gasteiger partial charge in [0.25, 0.3) is 5.91 Å². The van der Waals surface area contributed by atoms with Crippen molar-refractivity contribution in [3.05, 3.63) is 60.4 Å². The number of carbonyl (C=O) groups excluding carboxylic acids is 1. The molecule has 6 nitrogen and oxygen atoms in total. The molecule has 138 valence electrons. The van der Waals surface area contributed by atoms with Crippen molar-refractivity contribution >= 4 is 16.8 Å². The van der Waals surface area contributed by atoms with E-state index >= 15 is 0 Å². The smallest absolute Gasteiger partial charge is 0.261 e. The molecule has 0 bridgehead atoms. The van der Waals surface area contributed by atoms with Gasteiger partial charge in [-0.25, -0.2) is 9.97 Å². The van der Waals surface area contributed by atoms with Crippen LogP contribution < -0.4 is 9.47 Å². The molecule has 6 heteroatoms. The summed E-state index contributed by atoms with van der Waals surface area (Å²) in [6.07, 6.45) is 3.37. The molecule has 1 aliphatic heterocycles. The van der Waals surface area contributed by atoms with Gasteiger partial charge in [-0.2, -0.15) is 0 Å². The number of hydrogen-bond acceptors (Lipinski definition) is 5. The molecule has 2 heterocycles. The largest absolute Gasteiger partial charge is 0.497 e. The van der Waals surface area contributed by atoms with E-state index in [1.165, 1.54) is 6.33 Å². The molecule has 0 spiro atoms. The van der Waals surface area contributed by atoms with Crippen molar-refractivity contribution in [2.45, 2.75) is 18.9 Å².